The molecule has 0 aliphatic carbocycles. The lowest BCUT2D eigenvalue weighted by Crippen LogP contribution is -2.08. The van der Waals surface area contributed by atoms with Crippen molar-refractivity contribution in [2.45, 2.75) is 0 Å². The highest BCUT2D eigenvalue weighted by Crippen LogP contribution is 2.28. The topological polar surface area (TPSA) is 57.2 Å². The molecule has 0 spiro atoms. The van der Waals surface area contributed by atoms with Gasteiger partial charge < -0.3 is 15.7 Å². The summed E-state index contributed by atoms with van der Waals surface area (Å²) >= 11 is 11.7. The molecule has 0 unspecified atom stereocenters. The lowest BCUT2D eigenvalue weighted by molar-refractivity contribution is 0.311. The number of anilines is 2. The first kappa shape index (κ1) is 11.4. The van der Waals surface area contributed by atoms with Gasteiger partial charge in [-0.05, 0) is 6.07 Å². The predicted molar refractivity (Wildman–Crippen MR) is 59.4 cm³/mol. The first-order chi connectivity index (χ1) is 6.69. The Hall–Kier alpha value is -0.710. The van der Waals surface area contributed by atoms with Crippen molar-refractivity contribution in [3.8, 4) is 0 Å². The minimum atomic E-state index is 0.0233. The van der Waals surface area contributed by atoms with Crippen molar-refractivity contribution in [1.82, 2.24) is 4.98 Å². The molecule has 0 saturated heterocycles. The van der Waals surface area contributed by atoms with Gasteiger partial charge in [-0.15, -0.1) is 0 Å². The number of nitrogens with zero attached hydrogens (tertiary/aromatic N) is 1. The van der Waals surface area contributed by atoms with E-state index in [-0.39, 0.29) is 6.61 Å². The number of rotatable bonds is 4. The van der Waals surface area contributed by atoms with Crippen molar-refractivity contribution in [2.75, 3.05) is 30.8 Å². The number of aromatic nitrogens is 1. The molecule has 0 bridgehead atoms. The van der Waals surface area contributed by atoms with Crippen molar-refractivity contribution in [3.63, 3.8) is 0 Å². The quantitative estimate of drug-likeness (QED) is 0.746. The summed E-state index contributed by atoms with van der Waals surface area (Å²) in [7, 11) is 1.72. The van der Waals surface area contributed by atoms with E-state index in [9.17, 15) is 0 Å². The molecule has 0 saturated carbocycles. The molecule has 4 nitrogen and oxygen atoms in total. The third-order valence-corrected chi connectivity index (χ3v) is 2.15. The van der Waals surface area contributed by atoms with Crippen LogP contribution >= 0.6 is 23.2 Å². The van der Waals surface area contributed by atoms with E-state index in [2.05, 4.69) is 15.6 Å². The first-order valence-electron chi connectivity index (χ1n) is 4.07. The average Bonchev–Trinajstić information content (AvgIpc) is 2.17. The zero-order valence-electron chi connectivity index (χ0n) is 7.64. The molecule has 14 heavy (non-hydrogen) atoms. The molecule has 1 aromatic heterocycles. The Morgan fingerprint density at radius 1 is 1.36 bits per heavy atom. The molecule has 0 aliphatic heterocycles. The largest absolute Gasteiger partial charge is 0.395 e. The van der Waals surface area contributed by atoms with Gasteiger partial charge in [0.05, 0.1) is 16.7 Å². The van der Waals surface area contributed by atoms with Gasteiger partial charge in [-0.25, -0.2) is 4.98 Å². The number of aliphatic hydroxyl groups excluding tert-OH is 1. The van der Waals surface area contributed by atoms with Gasteiger partial charge in [0.25, 0.3) is 0 Å². The molecule has 0 aliphatic rings. The molecule has 1 rings (SSSR count). The average molecular weight is 236 g/mol. The second-order valence-electron chi connectivity index (χ2n) is 2.55. The van der Waals surface area contributed by atoms with E-state index in [1.165, 1.54) is 0 Å². The summed E-state index contributed by atoms with van der Waals surface area (Å²) in [6, 6.07) is 1.60. The zero-order valence-corrected chi connectivity index (χ0v) is 9.15. The van der Waals surface area contributed by atoms with Crippen molar-refractivity contribution < 1.29 is 5.11 Å². The Morgan fingerprint density at radius 2 is 2.00 bits per heavy atom. The van der Waals surface area contributed by atoms with E-state index in [0.29, 0.717) is 28.2 Å². The Bertz CT molecular complexity index is 320. The van der Waals surface area contributed by atoms with E-state index in [4.69, 9.17) is 28.3 Å². The molecule has 3 N–H and O–H groups in total. The summed E-state index contributed by atoms with van der Waals surface area (Å²) in [5.74, 6) is 1.06. The number of pyridine rings is 1. The second-order valence-corrected chi connectivity index (χ2v) is 3.36. The highest BCUT2D eigenvalue weighted by atomic mass is 35.5. The van der Waals surface area contributed by atoms with Crippen LogP contribution in [0.4, 0.5) is 11.6 Å². The van der Waals surface area contributed by atoms with Crippen LogP contribution in [0.25, 0.3) is 0 Å². The Labute approximate surface area is 92.2 Å². The third kappa shape index (κ3) is 2.64. The highest BCUT2D eigenvalue weighted by Gasteiger charge is 2.07. The number of halogens is 2. The number of aliphatic hydroxyl groups is 1. The van der Waals surface area contributed by atoms with Crippen LogP contribution in [-0.2, 0) is 0 Å². The lowest BCUT2D eigenvalue weighted by Gasteiger charge is -2.09. The fraction of sp³-hybridized carbons (Fsp3) is 0.375. The minimum Gasteiger partial charge on any atom is -0.395 e. The molecule has 1 aromatic rings. The van der Waals surface area contributed by atoms with Gasteiger partial charge in [0.2, 0.25) is 0 Å². The lowest BCUT2D eigenvalue weighted by atomic mass is 10.4. The third-order valence-electron chi connectivity index (χ3n) is 1.57. The van der Waals surface area contributed by atoms with Gasteiger partial charge in [-0.2, -0.15) is 0 Å². The smallest absolute Gasteiger partial charge is 0.147 e. The molecule has 0 amide bonds. The minimum absolute atomic E-state index is 0.0233. The molecule has 1 heterocycles. The summed E-state index contributed by atoms with van der Waals surface area (Å²) in [5, 5.41) is 15.2. The van der Waals surface area contributed by atoms with Gasteiger partial charge in [0, 0.05) is 13.6 Å². The molecule has 0 fully saturated rings. The zero-order chi connectivity index (χ0) is 10.6. The standard InChI is InChI=1S/C8H11Cl2N3O/c1-11-7-5(9)4-6(10)8(13-7)12-2-3-14/h4,14H,2-3H2,1H3,(H2,11,12,13). The molecular formula is C8H11Cl2N3O. The van der Waals surface area contributed by atoms with Gasteiger partial charge in [0.15, 0.2) is 0 Å². The van der Waals surface area contributed by atoms with Crippen LogP contribution in [0, 0.1) is 0 Å². The van der Waals surface area contributed by atoms with Crippen molar-refractivity contribution in [1.29, 1.82) is 0 Å². The number of hydrogen-bond acceptors (Lipinski definition) is 4. The summed E-state index contributed by atoms with van der Waals surface area (Å²) in [6.45, 7) is 0.424. The van der Waals surface area contributed by atoms with Crippen molar-refractivity contribution >= 4 is 34.8 Å². The monoisotopic (exact) mass is 235 g/mol. The Morgan fingerprint density at radius 3 is 2.57 bits per heavy atom. The SMILES string of the molecule is CNc1nc(NCCO)c(Cl)cc1Cl. The van der Waals surface area contributed by atoms with Crippen molar-refractivity contribution in [3.05, 3.63) is 16.1 Å². The Kier molecular flexibility index (Phi) is 4.25. The van der Waals surface area contributed by atoms with E-state index >= 15 is 0 Å². The van der Waals surface area contributed by atoms with E-state index in [0.717, 1.165) is 0 Å². The maximum absolute atomic E-state index is 8.62. The predicted octanol–water partition coefficient (Wildman–Crippen LogP) is 1.83. The summed E-state index contributed by atoms with van der Waals surface area (Å²) in [4.78, 5) is 4.13. The maximum Gasteiger partial charge on any atom is 0.147 e. The molecule has 0 radical (unpaired) electrons. The van der Waals surface area contributed by atoms with Crippen LogP contribution in [0.1, 0.15) is 0 Å². The number of nitrogens with one attached hydrogen (secondary N) is 2. The van der Waals surface area contributed by atoms with Gasteiger partial charge in [-0.3, -0.25) is 0 Å². The Balaban J connectivity index is 2.92. The summed E-state index contributed by atoms with van der Waals surface area (Å²) in [6.07, 6.45) is 0. The van der Waals surface area contributed by atoms with Crippen LogP contribution in [0.3, 0.4) is 0 Å². The molecular weight excluding hydrogens is 225 g/mol. The summed E-state index contributed by atoms with van der Waals surface area (Å²) in [5.41, 5.74) is 0. The van der Waals surface area contributed by atoms with Crippen LogP contribution < -0.4 is 10.6 Å². The van der Waals surface area contributed by atoms with E-state index in [1.54, 1.807) is 13.1 Å². The van der Waals surface area contributed by atoms with Crippen LogP contribution in [-0.4, -0.2) is 30.3 Å². The van der Waals surface area contributed by atoms with Gasteiger partial charge >= 0.3 is 0 Å². The fourth-order valence-electron chi connectivity index (χ4n) is 0.940. The van der Waals surface area contributed by atoms with Gasteiger partial charge in [0.1, 0.15) is 11.6 Å². The second kappa shape index (κ2) is 5.24. The normalized spacial score (nSPS) is 10.0. The van der Waals surface area contributed by atoms with Gasteiger partial charge in [-0.1, -0.05) is 23.2 Å². The fourth-order valence-corrected chi connectivity index (χ4v) is 1.46. The maximum atomic E-state index is 8.62. The molecule has 0 aromatic carbocycles. The van der Waals surface area contributed by atoms with Crippen LogP contribution in [0.2, 0.25) is 10.0 Å². The summed E-state index contributed by atoms with van der Waals surface area (Å²) < 4.78 is 0. The van der Waals surface area contributed by atoms with E-state index in [1.807, 2.05) is 0 Å². The molecule has 0 atom stereocenters. The highest BCUT2D eigenvalue weighted by molar-refractivity contribution is 6.37. The van der Waals surface area contributed by atoms with E-state index < -0.39 is 0 Å². The molecule has 78 valence electrons. The molecule has 6 heteroatoms. The van der Waals surface area contributed by atoms with Crippen LogP contribution in [0.5, 0.6) is 0 Å². The first-order valence-corrected chi connectivity index (χ1v) is 4.83. The number of hydrogen-bond donors (Lipinski definition) is 3. The van der Waals surface area contributed by atoms with Crippen LogP contribution in [0.15, 0.2) is 6.07 Å². The van der Waals surface area contributed by atoms with Crippen molar-refractivity contribution in [2.24, 2.45) is 0 Å².